The van der Waals surface area contributed by atoms with Crippen molar-refractivity contribution in [2.24, 2.45) is 5.41 Å². The van der Waals surface area contributed by atoms with Crippen LogP contribution in [0.15, 0.2) is 18.2 Å². The van der Waals surface area contributed by atoms with Crippen LogP contribution >= 0.6 is 11.6 Å². The van der Waals surface area contributed by atoms with E-state index in [4.69, 9.17) is 16.7 Å². The topological polar surface area (TPSA) is 37.3 Å². The van der Waals surface area contributed by atoms with Gasteiger partial charge in [-0.1, -0.05) is 31.5 Å². The first-order chi connectivity index (χ1) is 7.87. The maximum absolute atomic E-state index is 10.9. The third-order valence-corrected chi connectivity index (χ3v) is 3.67. The predicted molar refractivity (Wildman–Crippen MR) is 68.5 cm³/mol. The van der Waals surface area contributed by atoms with Crippen molar-refractivity contribution in [1.29, 1.82) is 0 Å². The van der Waals surface area contributed by atoms with E-state index in [1.165, 1.54) is 5.56 Å². The van der Waals surface area contributed by atoms with Gasteiger partial charge in [0, 0.05) is 5.02 Å². The highest BCUT2D eigenvalue weighted by atomic mass is 35.5. The summed E-state index contributed by atoms with van der Waals surface area (Å²) in [4.78, 5) is 10.9. The Morgan fingerprint density at radius 1 is 1.53 bits per heavy atom. The molecule has 1 aromatic carbocycles. The normalized spacial score (nSPS) is 21.9. The Morgan fingerprint density at radius 3 is 2.88 bits per heavy atom. The molecule has 1 aromatic rings. The summed E-state index contributed by atoms with van der Waals surface area (Å²) in [6, 6.07) is 5.82. The monoisotopic (exact) mass is 252 g/mol. The molecule has 0 heterocycles. The molecule has 0 aromatic heterocycles. The molecule has 1 aliphatic carbocycles. The summed E-state index contributed by atoms with van der Waals surface area (Å²) < 4.78 is 0. The fourth-order valence-electron chi connectivity index (χ4n) is 2.88. The second-order valence-electron chi connectivity index (χ2n) is 5.68. The molecule has 3 heteroatoms. The van der Waals surface area contributed by atoms with Crippen molar-refractivity contribution in [1.82, 2.24) is 0 Å². The Morgan fingerprint density at radius 2 is 2.24 bits per heavy atom. The molecule has 0 fully saturated rings. The lowest BCUT2D eigenvalue weighted by Gasteiger charge is -2.36. The second kappa shape index (κ2) is 4.34. The van der Waals surface area contributed by atoms with Gasteiger partial charge in [0.1, 0.15) is 0 Å². The maximum Gasteiger partial charge on any atom is 0.303 e. The number of aliphatic carboxylic acids is 1. The molecule has 0 spiro atoms. The first-order valence-electron chi connectivity index (χ1n) is 5.87. The highest BCUT2D eigenvalue weighted by Gasteiger charge is 2.33. The Hall–Kier alpha value is -1.02. The Bertz CT molecular complexity index is 452. The summed E-state index contributed by atoms with van der Waals surface area (Å²) in [5.74, 6) is -0.614. The largest absolute Gasteiger partial charge is 0.481 e. The minimum atomic E-state index is -0.728. The number of hydrogen-bond donors (Lipinski definition) is 1. The SMILES string of the molecule is CC1(C)Cc2cc(Cl)ccc2C(CC(=O)O)C1. The van der Waals surface area contributed by atoms with E-state index in [1.807, 2.05) is 18.2 Å². The van der Waals surface area contributed by atoms with E-state index in [2.05, 4.69) is 13.8 Å². The summed E-state index contributed by atoms with van der Waals surface area (Å²) in [5, 5.41) is 9.72. The molecule has 1 atom stereocenters. The Kier molecular flexibility index (Phi) is 3.17. The summed E-state index contributed by atoms with van der Waals surface area (Å²) in [6.45, 7) is 4.37. The van der Waals surface area contributed by atoms with Crippen LogP contribution in [0, 0.1) is 5.41 Å². The minimum absolute atomic E-state index is 0.114. The van der Waals surface area contributed by atoms with Crippen molar-refractivity contribution in [3.63, 3.8) is 0 Å². The molecule has 0 saturated heterocycles. The van der Waals surface area contributed by atoms with E-state index in [-0.39, 0.29) is 17.8 Å². The molecular formula is C14H17ClO2. The smallest absolute Gasteiger partial charge is 0.303 e. The van der Waals surface area contributed by atoms with Crippen molar-refractivity contribution in [3.8, 4) is 0 Å². The average molecular weight is 253 g/mol. The Labute approximate surface area is 107 Å². The van der Waals surface area contributed by atoms with Gasteiger partial charge in [0.25, 0.3) is 0 Å². The standard InChI is InChI=1S/C14H17ClO2/c1-14(2)7-9-5-11(15)3-4-12(9)10(8-14)6-13(16)17/h3-5,10H,6-8H2,1-2H3,(H,16,17). The summed E-state index contributed by atoms with van der Waals surface area (Å²) in [5.41, 5.74) is 2.52. The number of fused-ring (bicyclic) bond motifs is 1. The molecule has 0 radical (unpaired) electrons. The third kappa shape index (κ3) is 2.81. The Balaban J connectivity index is 2.40. The first-order valence-corrected chi connectivity index (χ1v) is 6.25. The molecule has 1 unspecified atom stereocenters. The van der Waals surface area contributed by atoms with Gasteiger partial charge in [0.2, 0.25) is 0 Å². The number of hydrogen-bond acceptors (Lipinski definition) is 1. The maximum atomic E-state index is 10.9. The zero-order valence-electron chi connectivity index (χ0n) is 10.2. The van der Waals surface area contributed by atoms with Crippen LogP contribution in [0.5, 0.6) is 0 Å². The second-order valence-corrected chi connectivity index (χ2v) is 6.12. The number of halogens is 1. The fraction of sp³-hybridized carbons (Fsp3) is 0.500. The van der Waals surface area contributed by atoms with Crippen molar-refractivity contribution in [2.75, 3.05) is 0 Å². The van der Waals surface area contributed by atoms with Crippen LogP contribution in [-0.4, -0.2) is 11.1 Å². The van der Waals surface area contributed by atoms with Crippen LogP contribution in [0.25, 0.3) is 0 Å². The number of benzene rings is 1. The molecule has 17 heavy (non-hydrogen) atoms. The summed E-state index contributed by atoms with van der Waals surface area (Å²) in [7, 11) is 0. The van der Waals surface area contributed by atoms with Gasteiger partial charge in [0.15, 0.2) is 0 Å². The lowest BCUT2D eigenvalue weighted by molar-refractivity contribution is -0.137. The molecule has 1 aliphatic rings. The van der Waals surface area contributed by atoms with Crippen LogP contribution in [-0.2, 0) is 11.2 Å². The highest BCUT2D eigenvalue weighted by Crippen LogP contribution is 2.44. The fourth-order valence-corrected chi connectivity index (χ4v) is 3.08. The van der Waals surface area contributed by atoms with Crippen molar-refractivity contribution in [3.05, 3.63) is 34.3 Å². The van der Waals surface area contributed by atoms with Crippen molar-refractivity contribution < 1.29 is 9.90 Å². The highest BCUT2D eigenvalue weighted by molar-refractivity contribution is 6.30. The van der Waals surface area contributed by atoms with E-state index >= 15 is 0 Å². The molecular weight excluding hydrogens is 236 g/mol. The number of carboxylic acid groups (broad SMARTS) is 1. The zero-order chi connectivity index (χ0) is 12.6. The lowest BCUT2D eigenvalue weighted by atomic mass is 9.68. The molecule has 2 nitrogen and oxygen atoms in total. The van der Waals surface area contributed by atoms with Crippen molar-refractivity contribution in [2.45, 2.75) is 39.0 Å². The van der Waals surface area contributed by atoms with Gasteiger partial charge in [-0.05, 0) is 47.4 Å². The van der Waals surface area contributed by atoms with Gasteiger partial charge in [-0.15, -0.1) is 0 Å². The summed E-state index contributed by atoms with van der Waals surface area (Å²) >= 11 is 6.01. The molecule has 92 valence electrons. The van der Waals surface area contributed by atoms with Gasteiger partial charge in [-0.25, -0.2) is 0 Å². The van der Waals surface area contributed by atoms with Crippen LogP contribution in [0.3, 0.4) is 0 Å². The van der Waals surface area contributed by atoms with E-state index in [0.717, 1.165) is 23.4 Å². The molecule has 1 N–H and O–H groups in total. The molecule has 0 bridgehead atoms. The van der Waals surface area contributed by atoms with Gasteiger partial charge in [-0.3, -0.25) is 4.79 Å². The van der Waals surface area contributed by atoms with E-state index in [9.17, 15) is 4.79 Å². The van der Waals surface area contributed by atoms with Crippen LogP contribution in [0.2, 0.25) is 5.02 Å². The number of carbonyl (C=O) groups is 1. The van der Waals surface area contributed by atoms with Crippen LogP contribution < -0.4 is 0 Å². The molecule has 0 amide bonds. The van der Waals surface area contributed by atoms with Crippen LogP contribution in [0.4, 0.5) is 0 Å². The van der Waals surface area contributed by atoms with Gasteiger partial charge in [0.05, 0.1) is 6.42 Å². The number of carboxylic acids is 1. The van der Waals surface area contributed by atoms with Gasteiger partial charge in [-0.2, -0.15) is 0 Å². The van der Waals surface area contributed by atoms with E-state index in [0.29, 0.717) is 0 Å². The molecule has 2 rings (SSSR count). The quantitative estimate of drug-likeness (QED) is 0.868. The predicted octanol–water partition coefficient (Wildman–Crippen LogP) is 3.87. The van der Waals surface area contributed by atoms with Gasteiger partial charge >= 0.3 is 5.97 Å². The van der Waals surface area contributed by atoms with E-state index < -0.39 is 5.97 Å². The first kappa shape index (κ1) is 12.4. The zero-order valence-corrected chi connectivity index (χ0v) is 10.9. The van der Waals surface area contributed by atoms with E-state index in [1.54, 1.807) is 0 Å². The lowest BCUT2D eigenvalue weighted by Crippen LogP contribution is -2.26. The van der Waals surface area contributed by atoms with Gasteiger partial charge < -0.3 is 5.11 Å². The third-order valence-electron chi connectivity index (χ3n) is 3.43. The average Bonchev–Trinajstić information content (AvgIpc) is 2.13. The minimum Gasteiger partial charge on any atom is -0.481 e. The number of rotatable bonds is 2. The van der Waals surface area contributed by atoms with Crippen molar-refractivity contribution >= 4 is 17.6 Å². The molecule has 0 saturated carbocycles. The van der Waals surface area contributed by atoms with Crippen LogP contribution in [0.1, 0.15) is 43.7 Å². The molecule has 0 aliphatic heterocycles. The summed E-state index contributed by atoms with van der Waals surface area (Å²) in [6.07, 6.45) is 2.10.